The van der Waals surface area contributed by atoms with Crippen molar-refractivity contribution in [2.24, 2.45) is 9.98 Å². The number of carbonyl (C=O) groups is 8. The minimum atomic E-state index is -4.85. The number of imide groups is 2. The zero-order chi connectivity index (χ0) is 82.3. The van der Waals surface area contributed by atoms with Crippen LogP contribution in [0.1, 0.15) is 152 Å². The van der Waals surface area contributed by atoms with Gasteiger partial charge in [0.05, 0.1) is 11.8 Å². The van der Waals surface area contributed by atoms with Crippen LogP contribution in [0.25, 0.3) is 6.08 Å². The van der Waals surface area contributed by atoms with Crippen molar-refractivity contribution in [2.45, 2.75) is 186 Å². The number of hydrogen-bond donors (Lipinski definition) is 4. The number of rotatable bonds is 13. The number of carbonyl (C=O) groups excluding carboxylic acids is 8. The van der Waals surface area contributed by atoms with Crippen LogP contribution in [0, 0.1) is 46.5 Å². The number of aliphatic imine (C=N–C) groups is 2. The second-order valence-electron chi connectivity index (χ2n) is 30.5. The van der Waals surface area contributed by atoms with Gasteiger partial charge in [0.2, 0.25) is 20.0 Å². The van der Waals surface area contributed by atoms with Gasteiger partial charge in [0.25, 0.3) is 23.6 Å². The Labute approximate surface area is 683 Å². The van der Waals surface area contributed by atoms with Crippen LogP contribution in [0.2, 0.25) is 0 Å². The van der Waals surface area contributed by atoms with Crippen LogP contribution in [0.15, 0.2) is 88.2 Å². The van der Waals surface area contributed by atoms with Crippen LogP contribution in [-0.4, -0.2) is 210 Å². The number of likely N-dealkylation sites (tertiary alicyclic amines) is 2. The number of piperidine rings is 4. The quantitative estimate of drug-likeness (QED) is 0.0419. The number of benzene rings is 4. The summed E-state index contributed by atoms with van der Waals surface area (Å²) in [5, 5.41) is 18.9. The Balaban J connectivity index is 0.000000383. The third-order valence-electron chi connectivity index (χ3n) is 20.5. The fourth-order valence-electron chi connectivity index (χ4n) is 14.8. The Bertz CT molecular complexity index is 4730. The van der Waals surface area contributed by atoms with E-state index in [9.17, 15) is 81.5 Å². The molecule has 0 aromatic heterocycles. The summed E-state index contributed by atoms with van der Waals surface area (Å²) in [5.74, 6) is -2.38. The number of nitriles is 1. The average molecular weight is 1770 g/mol. The number of urea groups is 2. The first kappa shape index (κ1) is 95.2. The first-order valence-electron chi connectivity index (χ1n) is 36.2. The number of hydrogen-bond acceptors (Lipinski definition) is 19. The number of aryl methyl sites for hydroxylation is 4. The zero-order valence-corrected chi connectivity index (χ0v) is 69.2. The van der Waals surface area contributed by atoms with Gasteiger partial charge in [-0.1, -0.05) is 6.92 Å². The smallest absolute Gasteiger partial charge is 0.444 e. The molecule has 8 N–H and O–H groups in total. The number of amides is 10. The minimum Gasteiger partial charge on any atom is -0.444 e. The molecule has 0 unspecified atom stereocenters. The summed E-state index contributed by atoms with van der Waals surface area (Å²) in [7, 11) is -7.71. The topological polar surface area (TPSA) is 421 Å². The first-order chi connectivity index (χ1) is 52.1. The van der Waals surface area contributed by atoms with Crippen molar-refractivity contribution in [1.82, 2.24) is 39.7 Å². The van der Waals surface area contributed by atoms with Gasteiger partial charge in [-0.2, -0.15) is 9.57 Å². The van der Waals surface area contributed by atoms with Crippen LogP contribution in [0.3, 0.4) is 0 Å². The van der Waals surface area contributed by atoms with Gasteiger partial charge in [0.15, 0.2) is 0 Å². The predicted octanol–water partition coefficient (Wildman–Crippen LogP) is 9.02. The summed E-state index contributed by atoms with van der Waals surface area (Å²) in [5.41, 5.74) is -0.280. The molecule has 10 amide bonds. The molecule has 116 heavy (non-hydrogen) atoms. The molecule has 0 radical (unpaired) electrons. The van der Waals surface area contributed by atoms with Crippen molar-refractivity contribution in [2.75, 3.05) is 67.9 Å². The summed E-state index contributed by atoms with van der Waals surface area (Å²) >= 11 is 0. The molecule has 0 atom stereocenters. The Morgan fingerprint density at radius 2 is 0.879 bits per heavy atom. The summed E-state index contributed by atoms with van der Waals surface area (Å²) in [6.45, 7) is 20.6. The Morgan fingerprint density at radius 1 is 0.543 bits per heavy atom. The maximum Gasteiger partial charge on any atom is 0.573 e. The number of nitrogens with one attached hydrogen (secondary N) is 4. The van der Waals surface area contributed by atoms with Gasteiger partial charge in [-0.15, -0.1) is 26.3 Å². The number of anilines is 2. The molecule has 8 aliphatic rings. The number of alkyl halides is 6. The van der Waals surface area contributed by atoms with Gasteiger partial charge in [-0.3, -0.25) is 49.6 Å². The summed E-state index contributed by atoms with van der Waals surface area (Å²) < 4.78 is 151. The summed E-state index contributed by atoms with van der Waals surface area (Å²) in [6, 6.07) is 17.6. The molecule has 40 heteroatoms. The van der Waals surface area contributed by atoms with E-state index in [1.807, 2.05) is 26.8 Å². The fourth-order valence-corrected chi connectivity index (χ4v) is 17.5. The predicted molar refractivity (Wildman–Crippen MR) is 413 cm³/mol. The maximum atomic E-state index is 13.6. The van der Waals surface area contributed by atoms with Crippen molar-refractivity contribution < 1.29 is 133 Å². The van der Waals surface area contributed by atoms with Crippen LogP contribution in [0.5, 0.6) is 11.5 Å². The van der Waals surface area contributed by atoms with E-state index in [1.54, 1.807) is 79.7 Å². The van der Waals surface area contributed by atoms with Crippen molar-refractivity contribution in [3.8, 4) is 17.6 Å². The van der Waals surface area contributed by atoms with Gasteiger partial charge in [-0.05, 0) is 239 Å². The van der Waals surface area contributed by atoms with E-state index in [2.05, 4.69) is 40.7 Å². The van der Waals surface area contributed by atoms with Gasteiger partial charge in [0, 0.05) is 109 Å². The van der Waals surface area contributed by atoms with E-state index in [-0.39, 0.29) is 168 Å². The molecule has 31 nitrogen and oxygen atoms in total. The molecule has 6 fully saturated rings. The molecule has 640 valence electrons. The molecule has 4 aromatic rings. The van der Waals surface area contributed by atoms with E-state index in [1.165, 1.54) is 58.6 Å². The van der Waals surface area contributed by atoms with E-state index >= 15 is 0 Å². The number of halogens is 6. The normalized spacial score (nSPS) is 19.1. The summed E-state index contributed by atoms with van der Waals surface area (Å²) in [4.78, 5) is 119. The molecular formula is C76H98F6N13O18PdS2-. The Kier molecular flexibility index (Phi) is 29.6. The van der Waals surface area contributed by atoms with Gasteiger partial charge >= 0.3 is 37.0 Å². The molecular weight excluding hydrogens is 1670 g/mol. The summed E-state index contributed by atoms with van der Waals surface area (Å²) in [6.07, 6.45) is -7.15. The second-order valence-corrected chi connectivity index (χ2v) is 34.4. The molecule has 8 aliphatic heterocycles. The maximum absolute atomic E-state index is 13.6. The third-order valence-corrected chi connectivity index (χ3v) is 24.0. The first-order valence-corrected chi connectivity index (χ1v) is 39.3. The van der Waals surface area contributed by atoms with Crippen molar-refractivity contribution >= 4 is 97.0 Å². The van der Waals surface area contributed by atoms with E-state index in [0.29, 0.717) is 45.6 Å². The fraction of sp³-hybridized carbons (Fsp3) is 0.500. The van der Waals surface area contributed by atoms with Crippen LogP contribution >= 0.6 is 0 Å². The third kappa shape index (κ3) is 21.2. The second kappa shape index (κ2) is 36.1. The van der Waals surface area contributed by atoms with E-state index in [0.717, 1.165) is 46.4 Å². The average Bonchev–Trinajstić information content (AvgIpc) is 1.61. The molecule has 4 spiro atoms. The monoisotopic (exact) mass is 1760 g/mol. The standard InChI is InChI=1S/C36H43F3N6O8S.C36H41F3N6O8S.C3H5N.CH3.2H2O.Pd.H2/c2*1-22-20-25(45-31(48)41-30(47)35(45)13-15-43(16-14-35)32(49)53-33(3,4)5)21-23(2)27(22)10-19-54(50,51)44-17-11-34(12-18-44)29(46)40-28(42-34)24-6-8-26(9-7-24)52-36(37,38)39;1-2-3-4;;;;;/h6-9,20-21H,10-19H2,1-5H3,(H,40,42,46)(H,41,47,48);6-10,19-21H,11-18H2,1-5H3,(H,40,42,46)(H,41,47,48);2H2,1H3;1H3;2*1H2;;1H/q;;;-1;;;;/b;19-10+;;;;;;. The number of sulfonamides is 2. The largest absolute Gasteiger partial charge is 0.573 e. The van der Waals surface area contributed by atoms with Crippen LogP contribution < -0.4 is 40.5 Å². The molecule has 6 saturated heterocycles. The molecule has 4 aromatic carbocycles. The Hall–Kier alpha value is -9.61. The number of ether oxygens (including phenoxy) is 4. The van der Waals surface area contributed by atoms with E-state index in [4.69, 9.17) is 14.7 Å². The molecule has 0 saturated carbocycles. The van der Waals surface area contributed by atoms with Crippen LogP contribution in [-0.2, 0) is 75.5 Å². The molecule has 0 aliphatic carbocycles. The van der Waals surface area contributed by atoms with Crippen molar-refractivity contribution in [1.29, 1.82) is 5.26 Å². The number of amidine groups is 2. The molecule has 12 rings (SSSR count). The molecule has 8 heterocycles. The van der Waals surface area contributed by atoms with Crippen LogP contribution in [0.4, 0.5) is 56.9 Å². The Morgan fingerprint density at radius 3 is 1.21 bits per heavy atom. The molecule has 0 bridgehead atoms. The zero-order valence-electron chi connectivity index (χ0n) is 66.0. The number of nitrogens with zero attached hydrogens (tertiary/aromatic N) is 9. The van der Waals surface area contributed by atoms with Gasteiger partial charge < -0.3 is 57.8 Å². The van der Waals surface area contributed by atoms with Gasteiger partial charge in [-0.25, -0.2) is 40.3 Å². The van der Waals surface area contributed by atoms with E-state index < -0.39 is 126 Å². The van der Waals surface area contributed by atoms with Crippen molar-refractivity contribution in [3.63, 3.8) is 0 Å². The SMILES string of the molecule is CCC#N.Cc1cc(N2C(=O)NC(=O)C23CCN(C(=O)OC(C)(C)C)CC3)cc(C)c1/C=C/S(=O)(=O)N1CCC2(CC1)N=C(c1ccc(OC(F)(F)F)cc1)NC2=O.Cc1cc(N2C(=O)NC(=O)C23CCN(C(=O)OC(C)(C)C)CC3)cc(C)c1CCS(=O)(=O)N1CCC2(CC1)N=C(c1ccc(OC(F)(F)F)cc1)NC2=O.O.O.[CH3-].[HH].[Pd]. The minimum absolute atomic E-state index is 0. The van der Waals surface area contributed by atoms with Gasteiger partial charge in [0.1, 0.15) is 56.5 Å². The van der Waals surface area contributed by atoms with Crippen molar-refractivity contribution in [3.05, 3.63) is 130 Å².